The Morgan fingerprint density at radius 3 is 2.24 bits per heavy atom. The lowest BCUT2D eigenvalue weighted by atomic mass is 10.1. The van der Waals surface area contributed by atoms with Crippen LogP contribution in [-0.4, -0.2) is 11.8 Å². The maximum Gasteiger partial charge on any atom is 0.362 e. The van der Waals surface area contributed by atoms with Gasteiger partial charge in [-0.25, -0.2) is 4.79 Å². The minimum absolute atomic E-state index is 0.0224. The topological polar surface area (TPSA) is 62.2 Å². The van der Waals surface area contributed by atoms with Gasteiger partial charge in [-0.05, 0) is 24.6 Å². The molecule has 0 fully saturated rings. The molecule has 21 heavy (non-hydrogen) atoms. The third-order valence-electron chi connectivity index (χ3n) is 2.82. The summed E-state index contributed by atoms with van der Waals surface area (Å²) in [4.78, 5) is 16.9. The van der Waals surface area contributed by atoms with Gasteiger partial charge in [-0.3, -0.25) is 5.41 Å². The molecule has 0 aliphatic carbocycles. The predicted octanol–water partition coefficient (Wildman–Crippen LogP) is 4.21. The van der Waals surface area contributed by atoms with E-state index in [0.29, 0.717) is 11.1 Å². The van der Waals surface area contributed by atoms with Crippen molar-refractivity contribution in [3.8, 4) is 0 Å². The van der Waals surface area contributed by atoms with Crippen LogP contribution >= 0.6 is 31.9 Å². The van der Waals surface area contributed by atoms with Crippen LogP contribution in [-0.2, 0) is 4.84 Å². The number of rotatable bonds is 2. The van der Waals surface area contributed by atoms with E-state index in [1.807, 2.05) is 25.1 Å². The van der Waals surface area contributed by atoms with E-state index in [1.54, 1.807) is 24.3 Å². The van der Waals surface area contributed by atoms with Crippen molar-refractivity contribution in [2.45, 2.75) is 6.92 Å². The highest BCUT2D eigenvalue weighted by atomic mass is 79.9. The highest BCUT2D eigenvalue weighted by Crippen LogP contribution is 2.26. The molecule has 4 nitrogen and oxygen atoms in total. The summed E-state index contributed by atoms with van der Waals surface area (Å²) >= 11 is 6.76. The zero-order valence-electron chi connectivity index (χ0n) is 11.1. The van der Waals surface area contributed by atoms with E-state index in [-0.39, 0.29) is 5.84 Å². The van der Waals surface area contributed by atoms with Gasteiger partial charge in [0.25, 0.3) is 0 Å². The SMILES string of the molecule is Cc1c(Br)cc(C(=O)ONC(=N)c2ccccc2)cc1Br. The van der Waals surface area contributed by atoms with Gasteiger partial charge in [0.2, 0.25) is 0 Å². The van der Waals surface area contributed by atoms with Crippen molar-refractivity contribution in [1.29, 1.82) is 5.41 Å². The Hall–Kier alpha value is -1.66. The lowest BCUT2D eigenvalue weighted by Crippen LogP contribution is -2.27. The van der Waals surface area contributed by atoms with Gasteiger partial charge < -0.3 is 4.84 Å². The average molecular weight is 412 g/mol. The number of hydroxylamine groups is 1. The van der Waals surface area contributed by atoms with Crippen molar-refractivity contribution in [3.63, 3.8) is 0 Å². The van der Waals surface area contributed by atoms with Crippen LogP contribution in [0.25, 0.3) is 0 Å². The second-order valence-corrected chi connectivity index (χ2v) is 6.01. The molecule has 0 heterocycles. The zero-order chi connectivity index (χ0) is 15.4. The van der Waals surface area contributed by atoms with Gasteiger partial charge in [-0.1, -0.05) is 62.2 Å². The molecule has 0 aliphatic rings. The van der Waals surface area contributed by atoms with Crippen molar-refractivity contribution in [2.75, 3.05) is 0 Å². The number of hydrogen-bond acceptors (Lipinski definition) is 3. The van der Waals surface area contributed by atoms with Gasteiger partial charge in [-0.15, -0.1) is 0 Å². The molecular formula is C15H12Br2N2O2. The quantitative estimate of drug-likeness (QED) is 0.442. The van der Waals surface area contributed by atoms with Crippen LogP contribution < -0.4 is 5.48 Å². The lowest BCUT2D eigenvalue weighted by molar-refractivity contribution is 0.0386. The Morgan fingerprint density at radius 1 is 1.10 bits per heavy atom. The van der Waals surface area contributed by atoms with E-state index in [0.717, 1.165) is 14.5 Å². The fourth-order valence-corrected chi connectivity index (χ4v) is 2.77. The second-order valence-electron chi connectivity index (χ2n) is 4.30. The van der Waals surface area contributed by atoms with Gasteiger partial charge in [-0.2, -0.15) is 5.48 Å². The van der Waals surface area contributed by atoms with E-state index < -0.39 is 5.97 Å². The molecule has 2 rings (SSSR count). The fraction of sp³-hybridized carbons (Fsp3) is 0.0667. The summed E-state index contributed by atoms with van der Waals surface area (Å²) in [6, 6.07) is 12.3. The minimum atomic E-state index is -0.558. The summed E-state index contributed by atoms with van der Waals surface area (Å²) in [5, 5.41) is 7.80. The number of nitrogens with one attached hydrogen (secondary N) is 2. The molecule has 2 N–H and O–H groups in total. The maximum atomic E-state index is 12.0. The van der Waals surface area contributed by atoms with Gasteiger partial charge in [0, 0.05) is 14.5 Å². The molecule has 6 heteroatoms. The lowest BCUT2D eigenvalue weighted by Gasteiger charge is -2.09. The minimum Gasteiger partial charge on any atom is -0.336 e. The Balaban J connectivity index is 2.04. The Morgan fingerprint density at radius 2 is 1.67 bits per heavy atom. The molecule has 0 atom stereocenters. The van der Waals surface area contributed by atoms with E-state index in [4.69, 9.17) is 10.2 Å². The van der Waals surface area contributed by atoms with Crippen LogP contribution in [0.5, 0.6) is 0 Å². The first-order chi connectivity index (χ1) is 9.99. The predicted molar refractivity (Wildman–Crippen MR) is 88.4 cm³/mol. The molecule has 0 amide bonds. The normalized spacial score (nSPS) is 10.0. The van der Waals surface area contributed by atoms with E-state index in [1.165, 1.54) is 0 Å². The molecule has 0 saturated carbocycles. The van der Waals surface area contributed by atoms with E-state index in [9.17, 15) is 4.79 Å². The van der Waals surface area contributed by atoms with Crippen LogP contribution in [0.2, 0.25) is 0 Å². The molecule has 0 spiro atoms. The molecular weight excluding hydrogens is 400 g/mol. The smallest absolute Gasteiger partial charge is 0.336 e. The van der Waals surface area contributed by atoms with E-state index in [2.05, 4.69) is 37.3 Å². The molecule has 108 valence electrons. The summed E-state index contributed by atoms with van der Waals surface area (Å²) in [6.07, 6.45) is 0. The monoisotopic (exact) mass is 410 g/mol. The third kappa shape index (κ3) is 3.92. The summed E-state index contributed by atoms with van der Waals surface area (Å²) in [7, 11) is 0. The molecule has 0 saturated heterocycles. The average Bonchev–Trinajstić information content (AvgIpc) is 2.50. The van der Waals surface area contributed by atoms with Gasteiger partial charge in [0.1, 0.15) is 0 Å². The molecule has 0 aliphatic heterocycles. The molecule has 2 aromatic rings. The highest BCUT2D eigenvalue weighted by Gasteiger charge is 2.13. The second kappa shape index (κ2) is 6.87. The first-order valence-corrected chi connectivity index (χ1v) is 7.64. The standard InChI is InChI=1S/C15H12Br2N2O2/c1-9-12(16)7-11(8-13(9)17)15(20)21-19-14(18)10-5-3-2-4-6-10/h2-8H,1H3,(H2,18,19). The zero-order valence-corrected chi connectivity index (χ0v) is 14.3. The van der Waals surface area contributed by atoms with Crippen molar-refractivity contribution < 1.29 is 9.63 Å². The Bertz CT molecular complexity index is 664. The van der Waals surface area contributed by atoms with Crippen LogP contribution in [0.3, 0.4) is 0 Å². The first kappa shape index (κ1) is 15.7. The molecule has 0 bridgehead atoms. The fourth-order valence-electron chi connectivity index (χ4n) is 1.58. The molecule has 0 unspecified atom stereocenters. The van der Waals surface area contributed by atoms with E-state index >= 15 is 0 Å². The maximum absolute atomic E-state index is 12.0. The summed E-state index contributed by atoms with van der Waals surface area (Å²) in [6.45, 7) is 1.92. The van der Waals surface area contributed by atoms with Crippen LogP contribution in [0.15, 0.2) is 51.4 Å². The van der Waals surface area contributed by atoms with Crippen molar-refractivity contribution in [2.24, 2.45) is 0 Å². The van der Waals surface area contributed by atoms with Crippen molar-refractivity contribution in [1.82, 2.24) is 5.48 Å². The number of amidine groups is 1. The summed E-state index contributed by atoms with van der Waals surface area (Å²) in [5.41, 5.74) is 4.37. The van der Waals surface area contributed by atoms with Gasteiger partial charge >= 0.3 is 5.97 Å². The first-order valence-electron chi connectivity index (χ1n) is 6.06. The molecule has 0 radical (unpaired) electrons. The van der Waals surface area contributed by atoms with Crippen molar-refractivity contribution >= 4 is 43.7 Å². The molecule has 0 aromatic heterocycles. The third-order valence-corrected chi connectivity index (χ3v) is 4.47. The summed E-state index contributed by atoms with van der Waals surface area (Å²) in [5.74, 6) is -0.536. The summed E-state index contributed by atoms with van der Waals surface area (Å²) < 4.78 is 1.61. The van der Waals surface area contributed by atoms with Crippen molar-refractivity contribution in [3.05, 3.63) is 68.1 Å². The van der Waals surface area contributed by atoms with Crippen LogP contribution in [0.1, 0.15) is 21.5 Å². The Kier molecular flexibility index (Phi) is 5.14. The number of carbonyl (C=O) groups excluding carboxylic acids is 1. The van der Waals surface area contributed by atoms with Gasteiger partial charge in [0.15, 0.2) is 5.84 Å². The molecule has 2 aromatic carbocycles. The Labute approximate surface area is 139 Å². The largest absolute Gasteiger partial charge is 0.362 e. The number of hydrogen-bond donors (Lipinski definition) is 2. The van der Waals surface area contributed by atoms with Gasteiger partial charge in [0.05, 0.1) is 5.56 Å². The number of benzene rings is 2. The van der Waals surface area contributed by atoms with Crippen LogP contribution in [0.4, 0.5) is 0 Å². The number of carbonyl (C=O) groups is 1. The highest BCUT2D eigenvalue weighted by molar-refractivity contribution is 9.11. The number of halogens is 2. The van der Waals surface area contributed by atoms with Crippen LogP contribution in [0, 0.1) is 12.3 Å².